The number of hydrogen-bond donors (Lipinski definition) is 1. The minimum absolute atomic E-state index is 0.136. The Balaban J connectivity index is 2.22. The number of aromatic nitrogens is 1. The van der Waals surface area contributed by atoms with E-state index >= 15 is 0 Å². The molecular formula is C18H24N2O3. The van der Waals surface area contributed by atoms with Gasteiger partial charge in [0.15, 0.2) is 0 Å². The van der Waals surface area contributed by atoms with Crippen LogP contribution >= 0.6 is 0 Å². The molecule has 1 aromatic rings. The van der Waals surface area contributed by atoms with Crippen LogP contribution in [0.25, 0.3) is 0 Å². The number of nitrogens with one attached hydrogen (secondary N) is 1. The van der Waals surface area contributed by atoms with Gasteiger partial charge in [-0.2, -0.15) is 0 Å². The van der Waals surface area contributed by atoms with Gasteiger partial charge in [-0.3, -0.25) is 9.78 Å². The first kappa shape index (κ1) is 17.2. The summed E-state index contributed by atoms with van der Waals surface area (Å²) in [5.74, 6) is -0.186. The normalized spacial score (nSPS) is 17.6. The molecule has 1 unspecified atom stereocenters. The van der Waals surface area contributed by atoms with Gasteiger partial charge in [0.2, 0.25) is 5.78 Å². The van der Waals surface area contributed by atoms with Crippen molar-refractivity contribution in [3.8, 4) is 0 Å². The van der Waals surface area contributed by atoms with Crippen molar-refractivity contribution in [3.63, 3.8) is 0 Å². The van der Waals surface area contributed by atoms with E-state index < -0.39 is 11.7 Å². The SMILES string of the molecule is C=CC(=O)c1cc2c(cn1)C(NC(=O)OC(C)(C)C)CCCC2. The molecule has 1 atom stereocenters. The van der Waals surface area contributed by atoms with Crippen LogP contribution in [0.5, 0.6) is 0 Å². The predicted octanol–water partition coefficient (Wildman–Crippen LogP) is 3.74. The van der Waals surface area contributed by atoms with E-state index in [4.69, 9.17) is 4.74 Å². The molecule has 1 N–H and O–H groups in total. The zero-order valence-corrected chi connectivity index (χ0v) is 14.0. The molecular weight excluding hydrogens is 292 g/mol. The molecule has 0 fully saturated rings. The molecule has 23 heavy (non-hydrogen) atoms. The lowest BCUT2D eigenvalue weighted by molar-refractivity contribution is 0.0500. The van der Waals surface area contributed by atoms with E-state index in [9.17, 15) is 9.59 Å². The number of fused-ring (bicyclic) bond motifs is 1. The summed E-state index contributed by atoms with van der Waals surface area (Å²) in [4.78, 5) is 28.0. The molecule has 2 rings (SSSR count). The van der Waals surface area contributed by atoms with E-state index in [1.54, 1.807) is 6.20 Å². The maximum absolute atomic E-state index is 12.0. The van der Waals surface area contributed by atoms with Crippen molar-refractivity contribution in [2.75, 3.05) is 0 Å². The quantitative estimate of drug-likeness (QED) is 0.524. The molecule has 124 valence electrons. The van der Waals surface area contributed by atoms with Crippen LogP contribution in [0.4, 0.5) is 4.79 Å². The molecule has 0 aromatic carbocycles. The van der Waals surface area contributed by atoms with Crippen molar-refractivity contribution in [2.45, 2.75) is 58.1 Å². The number of carbonyl (C=O) groups excluding carboxylic acids is 2. The van der Waals surface area contributed by atoms with Crippen LogP contribution in [-0.2, 0) is 11.2 Å². The lowest BCUT2D eigenvalue weighted by Gasteiger charge is -2.24. The number of amides is 1. The lowest BCUT2D eigenvalue weighted by Crippen LogP contribution is -2.35. The second-order valence-corrected chi connectivity index (χ2v) is 6.78. The maximum atomic E-state index is 12.0. The number of hydrogen-bond acceptors (Lipinski definition) is 4. The third-order valence-corrected chi connectivity index (χ3v) is 3.72. The van der Waals surface area contributed by atoms with Crippen LogP contribution in [0.3, 0.4) is 0 Å². The Morgan fingerprint density at radius 2 is 2.13 bits per heavy atom. The second kappa shape index (κ2) is 6.94. The van der Waals surface area contributed by atoms with Gasteiger partial charge in [0.1, 0.15) is 11.3 Å². The molecule has 0 saturated carbocycles. The molecule has 0 spiro atoms. The van der Waals surface area contributed by atoms with Gasteiger partial charge in [-0.25, -0.2) is 4.79 Å². The van der Waals surface area contributed by atoms with Gasteiger partial charge in [-0.15, -0.1) is 0 Å². The van der Waals surface area contributed by atoms with Crippen LogP contribution in [-0.4, -0.2) is 22.5 Å². The molecule has 5 nitrogen and oxygen atoms in total. The van der Waals surface area contributed by atoms with Gasteiger partial charge >= 0.3 is 6.09 Å². The van der Waals surface area contributed by atoms with Crippen LogP contribution in [0, 0.1) is 0 Å². The number of ketones is 1. The Bertz CT molecular complexity index is 617. The summed E-state index contributed by atoms with van der Waals surface area (Å²) >= 11 is 0. The van der Waals surface area contributed by atoms with E-state index in [1.165, 1.54) is 6.08 Å². The van der Waals surface area contributed by atoms with Crippen molar-refractivity contribution in [3.05, 3.63) is 41.7 Å². The largest absolute Gasteiger partial charge is 0.444 e. The van der Waals surface area contributed by atoms with Crippen LogP contribution in [0.1, 0.15) is 67.7 Å². The third kappa shape index (κ3) is 4.65. The predicted molar refractivity (Wildman–Crippen MR) is 88.4 cm³/mol. The van der Waals surface area contributed by atoms with Crippen molar-refractivity contribution in [2.24, 2.45) is 0 Å². The second-order valence-electron chi connectivity index (χ2n) is 6.78. The zero-order valence-electron chi connectivity index (χ0n) is 14.0. The fourth-order valence-corrected chi connectivity index (χ4v) is 2.70. The Morgan fingerprint density at radius 1 is 1.39 bits per heavy atom. The summed E-state index contributed by atoms with van der Waals surface area (Å²) in [6.45, 7) is 9.00. The van der Waals surface area contributed by atoms with E-state index in [1.807, 2.05) is 26.8 Å². The summed E-state index contributed by atoms with van der Waals surface area (Å²) in [5.41, 5.74) is 1.89. The fourth-order valence-electron chi connectivity index (χ4n) is 2.70. The molecule has 1 aliphatic carbocycles. The summed E-state index contributed by atoms with van der Waals surface area (Å²) in [5, 5.41) is 2.93. The molecule has 0 bridgehead atoms. The fraction of sp³-hybridized carbons (Fsp3) is 0.500. The first-order valence-corrected chi connectivity index (χ1v) is 7.95. The molecule has 0 radical (unpaired) electrons. The molecule has 1 heterocycles. The van der Waals surface area contributed by atoms with E-state index in [2.05, 4.69) is 16.9 Å². The maximum Gasteiger partial charge on any atom is 0.408 e. The molecule has 0 aliphatic heterocycles. The topological polar surface area (TPSA) is 68.3 Å². The minimum Gasteiger partial charge on any atom is -0.444 e. The number of carbonyl (C=O) groups is 2. The number of alkyl carbamates (subject to hydrolysis) is 1. The van der Waals surface area contributed by atoms with Crippen molar-refractivity contribution in [1.82, 2.24) is 10.3 Å². The Labute approximate surface area is 137 Å². The third-order valence-electron chi connectivity index (χ3n) is 3.72. The number of nitrogens with zero attached hydrogens (tertiary/aromatic N) is 1. The number of aryl methyl sites for hydroxylation is 1. The number of allylic oxidation sites excluding steroid dienone is 1. The molecule has 5 heteroatoms. The highest BCUT2D eigenvalue weighted by Crippen LogP contribution is 2.29. The summed E-state index contributed by atoms with van der Waals surface area (Å²) in [6.07, 6.45) is 6.26. The van der Waals surface area contributed by atoms with Gasteiger partial charge in [0.05, 0.1) is 6.04 Å². The van der Waals surface area contributed by atoms with Gasteiger partial charge in [-0.05, 0) is 63.3 Å². The van der Waals surface area contributed by atoms with Crippen molar-refractivity contribution >= 4 is 11.9 Å². The van der Waals surface area contributed by atoms with E-state index in [0.717, 1.165) is 36.8 Å². The molecule has 1 aliphatic rings. The van der Waals surface area contributed by atoms with Crippen LogP contribution in [0.2, 0.25) is 0 Å². The highest BCUT2D eigenvalue weighted by molar-refractivity contribution is 6.02. The zero-order chi connectivity index (χ0) is 17.0. The number of ether oxygens (including phenoxy) is 1. The van der Waals surface area contributed by atoms with Gasteiger partial charge in [0.25, 0.3) is 0 Å². The smallest absolute Gasteiger partial charge is 0.408 e. The number of pyridine rings is 1. The van der Waals surface area contributed by atoms with E-state index in [0.29, 0.717) is 5.69 Å². The van der Waals surface area contributed by atoms with Crippen LogP contribution < -0.4 is 5.32 Å². The Morgan fingerprint density at radius 3 is 2.78 bits per heavy atom. The average molecular weight is 316 g/mol. The molecule has 1 aromatic heterocycles. The molecule has 1 amide bonds. The standard InChI is InChI=1S/C18H24N2O3/c1-5-16(21)15-10-12-8-6-7-9-14(13(12)11-19-15)20-17(22)23-18(2,3)4/h5,10-11,14H,1,6-9H2,2-4H3,(H,20,22). The summed E-state index contributed by atoms with van der Waals surface area (Å²) < 4.78 is 5.34. The Kier molecular flexibility index (Phi) is 5.19. The lowest BCUT2D eigenvalue weighted by atomic mass is 10.00. The van der Waals surface area contributed by atoms with Crippen LogP contribution in [0.15, 0.2) is 24.9 Å². The first-order chi connectivity index (χ1) is 10.8. The highest BCUT2D eigenvalue weighted by atomic mass is 16.6. The number of rotatable bonds is 3. The first-order valence-electron chi connectivity index (χ1n) is 7.95. The van der Waals surface area contributed by atoms with E-state index in [-0.39, 0.29) is 11.8 Å². The monoisotopic (exact) mass is 316 g/mol. The Hall–Kier alpha value is -2.17. The highest BCUT2D eigenvalue weighted by Gasteiger charge is 2.24. The van der Waals surface area contributed by atoms with Crippen molar-refractivity contribution in [1.29, 1.82) is 0 Å². The van der Waals surface area contributed by atoms with Gasteiger partial charge in [0, 0.05) is 6.20 Å². The average Bonchev–Trinajstić information content (AvgIpc) is 2.66. The summed E-state index contributed by atoms with van der Waals surface area (Å²) in [7, 11) is 0. The van der Waals surface area contributed by atoms with Gasteiger partial charge in [-0.1, -0.05) is 13.0 Å². The minimum atomic E-state index is -0.532. The van der Waals surface area contributed by atoms with Crippen molar-refractivity contribution < 1.29 is 14.3 Å². The summed E-state index contributed by atoms with van der Waals surface area (Å²) in [6, 6.07) is 1.68. The van der Waals surface area contributed by atoms with Gasteiger partial charge < -0.3 is 10.1 Å². The molecule has 0 saturated heterocycles.